The monoisotopic (exact) mass is 533 g/mol. The Labute approximate surface area is 178 Å². The zero-order chi connectivity index (χ0) is 17.6. The zero-order valence-electron chi connectivity index (χ0n) is 14.5. The van der Waals surface area contributed by atoms with Crippen LogP contribution in [0.15, 0.2) is 52.1 Å². The molecule has 5 nitrogen and oxygen atoms in total. The number of piperazine rings is 1. The highest BCUT2D eigenvalue weighted by molar-refractivity contribution is 14.0. The molecule has 0 unspecified atom stereocenters. The lowest BCUT2D eigenvalue weighted by molar-refractivity contribution is 0.371. The molecule has 0 atom stereocenters. The van der Waals surface area contributed by atoms with Gasteiger partial charge in [0.2, 0.25) is 0 Å². The number of hydrogen-bond donors (Lipinski definition) is 1. The van der Waals surface area contributed by atoms with Crippen molar-refractivity contribution in [2.24, 2.45) is 4.99 Å². The molecule has 1 aromatic heterocycles. The van der Waals surface area contributed by atoms with Gasteiger partial charge in [-0.2, -0.15) is 0 Å². The second kappa shape index (κ2) is 10.1. The molecule has 0 saturated carbocycles. The van der Waals surface area contributed by atoms with Crippen LogP contribution in [-0.2, 0) is 6.54 Å². The van der Waals surface area contributed by atoms with E-state index in [-0.39, 0.29) is 29.8 Å². The molecule has 8 heteroatoms. The van der Waals surface area contributed by atoms with E-state index < -0.39 is 0 Å². The first-order chi connectivity index (χ1) is 12.2. The van der Waals surface area contributed by atoms with Crippen molar-refractivity contribution in [3.63, 3.8) is 0 Å². The average molecular weight is 534 g/mol. The predicted molar refractivity (Wildman–Crippen MR) is 118 cm³/mol. The Hall–Kier alpha value is -1.42. The summed E-state index contributed by atoms with van der Waals surface area (Å²) in [5.41, 5.74) is 0.875. The molecule has 0 aliphatic carbocycles. The summed E-state index contributed by atoms with van der Waals surface area (Å²) in [7, 11) is 1.77. The molecule has 0 bridgehead atoms. The van der Waals surface area contributed by atoms with Gasteiger partial charge in [0.15, 0.2) is 5.96 Å². The Bertz CT molecular complexity index is 715. The van der Waals surface area contributed by atoms with Crippen molar-refractivity contribution >= 4 is 51.7 Å². The van der Waals surface area contributed by atoms with Gasteiger partial charge in [-0.3, -0.25) is 4.99 Å². The van der Waals surface area contributed by atoms with E-state index in [1.165, 1.54) is 12.1 Å². The van der Waals surface area contributed by atoms with Crippen LogP contribution >= 0.6 is 39.9 Å². The van der Waals surface area contributed by atoms with Crippen LogP contribution in [0.2, 0.25) is 0 Å². The lowest BCUT2D eigenvalue weighted by Gasteiger charge is -2.37. The Kier molecular flexibility index (Phi) is 8.08. The van der Waals surface area contributed by atoms with Crippen molar-refractivity contribution in [3.05, 3.63) is 58.4 Å². The van der Waals surface area contributed by atoms with Gasteiger partial charge < -0.3 is 15.1 Å². The van der Waals surface area contributed by atoms with Crippen molar-refractivity contribution in [3.8, 4) is 0 Å². The average Bonchev–Trinajstić information content (AvgIpc) is 2.63. The number of benzene rings is 1. The molecule has 1 aliphatic heterocycles. The lowest BCUT2D eigenvalue weighted by Crippen LogP contribution is -2.52. The van der Waals surface area contributed by atoms with E-state index in [1.807, 2.05) is 30.5 Å². The van der Waals surface area contributed by atoms with Gasteiger partial charge in [-0.15, -0.1) is 24.0 Å². The molecule has 0 radical (unpaired) electrons. The topological polar surface area (TPSA) is 43.8 Å². The quantitative estimate of drug-likeness (QED) is 0.372. The van der Waals surface area contributed by atoms with Gasteiger partial charge in [-0.1, -0.05) is 22.0 Å². The van der Waals surface area contributed by atoms with Crippen molar-refractivity contribution in [2.45, 2.75) is 6.54 Å². The third kappa shape index (κ3) is 5.54. The number of halogens is 3. The highest BCUT2D eigenvalue weighted by Crippen LogP contribution is 2.15. The maximum atomic E-state index is 13.5. The van der Waals surface area contributed by atoms with Gasteiger partial charge in [0, 0.05) is 50.4 Å². The molecule has 0 amide bonds. The number of nitrogens with one attached hydrogen (secondary N) is 1. The van der Waals surface area contributed by atoms with Crippen molar-refractivity contribution in [1.82, 2.24) is 15.2 Å². The molecule has 1 aliphatic rings. The fourth-order valence-electron chi connectivity index (χ4n) is 2.91. The van der Waals surface area contributed by atoms with Gasteiger partial charge in [0.1, 0.15) is 11.6 Å². The molecular weight excluding hydrogens is 512 g/mol. The van der Waals surface area contributed by atoms with Gasteiger partial charge in [-0.25, -0.2) is 9.37 Å². The molecule has 3 rings (SSSR count). The minimum Gasteiger partial charge on any atom is -0.353 e. The van der Waals surface area contributed by atoms with Crippen LogP contribution in [0.25, 0.3) is 0 Å². The van der Waals surface area contributed by atoms with Crippen LogP contribution in [0.1, 0.15) is 5.56 Å². The van der Waals surface area contributed by atoms with E-state index >= 15 is 0 Å². The number of guanidine groups is 1. The summed E-state index contributed by atoms with van der Waals surface area (Å²) in [6.45, 7) is 4.04. The minimum absolute atomic E-state index is 0. The summed E-state index contributed by atoms with van der Waals surface area (Å²) in [6.07, 6.45) is 1.82. The fraction of sp³-hybridized carbons (Fsp3) is 0.333. The second-order valence-corrected chi connectivity index (χ2v) is 6.76. The molecule has 1 aromatic carbocycles. The number of aromatic nitrogens is 1. The molecule has 1 fully saturated rings. The first-order valence-electron chi connectivity index (χ1n) is 8.22. The van der Waals surface area contributed by atoms with Crippen LogP contribution in [0.5, 0.6) is 0 Å². The summed E-state index contributed by atoms with van der Waals surface area (Å²) in [5.74, 6) is 1.60. The van der Waals surface area contributed by atoms with Gasteiger partial charge in [0.05, 0.1) is 0 Å². The summed E-state index contributed by atoms with van der Waals surface area (Å²) in [6, 6.07) is 10.9. The van der Waals surface area contributed by atoms with E-state index in [0.717, 1.165) is 48.0 Å². The number of hydrogen-bond acceptors (Lipinski definition) is 3. The Balaban J connectivity index is 0.00000243. The fourth-order valence-corrected chi connectivity index (χ4v) is 3.43. The SMILES string of the molecule is CN=C(NCc1cc(F)cc(Br)c1)N1CCN(c2ccccn2)CC1.I. The highest BCUT2D eigenvalue weighted by Gasteiger charge is 2.20. The largest absolute Gasteiger partial charge is 0.353 e. The highest BCUT2D eigenvalue weighted by atomic mass is 127. The number of anilines is 1. The number of nitrogens with zero attached hydrogens (tertiary/aromatic N) is 4. The van der Waals surface area contributed by atoms with E-state index in [4.69, 9.17) is 0 Å². The Morgan fingerprint density at radius 1 is 1.23 bits per heavy atom. The standard InChI is InChI=1S/C18H21BrFN5.HI/c1-21-18(23-13-14-10-15(19)12-16(20)11-14)25-8-6-24(7-9-25)17-4-2-3-5-22-17;/h2-5,10-12H,6-9,13H2,1H3,(H,21,23);1H. The van der Waals surface area contributed by atoms with E-state index in [1.54, 1.807) is 7.05 Å². The Morgan fingerprint density at radius 3 is 2.62 bits per heavy atom. The minimum atomic E-state index is -0.245. The van der Waals surface area contributed by atoms with Crippen molar-refractivity contribution < 1.29 is 4.39 Å². The molecule has 1 N–H and O–H groups in total. The first kappa shape index (κ1) is 20.9. The molecule has 0 spiro atoms. The van der Waals surface area contributed by atoms with E-state index in [2.05, 4.69) is 41.0 Å². The maximum absolute atomic E-state index is 13.5. The van der Waals surface area contributed by atoms with Crippen molar-refractivity contribution in [1.29, 1.82) is 0 Å². The smallest absolute Gasteiger partial charge is 0.194 e. The van der Waals surface area contributed by atoms with Crippen LogP contribution in [0.3, 0.4) is 0 Å². The summed E-state index contributed by atoms with van der Waals surface area (Å²) in [4.78, 5) is 13.3. The number of aliphatic imine (C=N–C) groups is 1. The Morgan fingerprint density at radius 2 is 2.00 bits per heavy atom. The van der Waals surface area contributed by atoms with Crippen molar-refractivity contribution in [2.75, 3.05) is 38.1 Å². The molecule has 140 valence electrons. The first-order valence-corrected chi connectivity index (χ1v) is 9.01. The van der Waals surface area contributed by atoms with Crippen LogP contribution in [0, 0.1) is 5.82 Å². The molecule has 2 heterocycles. The third-order valence-electron chi connectivity index (χ3n) is 4.14. The molecule has 2 aromatic rings. The van der Waals surface area contributed by atoms with Gasteiger partial charge in [-0.05, 0) is 35.9 Å². The van der Waals surface area contributed by atoms with Crippen LogP contribution in [0.4, 0.5) is 10.2 Å². The molecule has 26 heavy (non-hydrogen) atoms. The second-order valence-electron chi connectivity index (χ2n) is 5.84. The zero-order valence-corrected chi connectivity index (χ0v) is 18.4. The number of rotatable bonds is 3. The predicted octanol–water partition coefficient (Wildman–Crippen LogP) is 3.50. The van der Waals surface area contributed by atoms with E-state index in [9.17, 15) is 4.39 Å². The van der Waals surface area contributed by atoms with Crippen LogP contribution in [-0.4, -0.2) is 49.1 Å². The molecule has 1 saturated heterocycles. The van der Waals surface area contributed by atoms with Crippen LogP contribution < -0.4 is 10.2 Å². The lowest BCUT2D eigenvalue weighted by atomic mass is 10.2. The summed E-state index contributed by atoms with van der Waals surface area (Å²) < 4.78 is 14.2. The number of pyridine rings is 1. The molecular formula is C18H22BrFIN5. The summed E-state index contributed by atoms with van der Waals surface area (Å²) in [5, 5.41) is 3.32. The van der Waals surface area contributed by atoms with Gasteiger partial charge in [0.25, 0.3) is 0 Å². The normalized spacial score (nSPS) is 14.8. The van der Waals surface area contributed by atoms with Gasteiger partial charge >= 0.3 is 0 Å². The third-order valence-corrected chi connectivity index (χ3v) is 4.60. The summed E-state index contributed by atoms with van der Waals surface area (Å²) >= 11 is 3.32. The van der Waals surface area contributed by atoms with E-state index in [0.29, 0.717) is 6.54 Å². The maximum Gasteiger partial charge on any atom is 0.194 e.